The highest BCUT2D eigenvalue weighted by molar-refractivity contribution is 7.85. The maximum atomic E-state index is 11.8. The van der Waals surface area contributed by atoms with Crippen molar-refractivity contribution in [3.63, 3.8) is 0 Å². The van der Waals surface area contributed by atoms with E-state index in [2.05, 4.69) is 28.3 Å². The van der Waals surface area contributed by atoms with Crippen LogP contribution in [0, 0.1) is 5.92 Å². The standard InChI is InChI=1S/C21H24N4O3S/c1-13-11-29(26)12-21(13)25-9-20(23-24-25)14(2)28-16-3-4-19-18(7-16)17-5-6-27-10-15(17)8-22-19/h3-4,7-9,13-14,21H,5-6,10-12H2,1-2H3. The number of pyridine rings is 1. The Morgan fingerprint density at radius 3 is 3.07 bits per heavy atom. The van der Waals surface area contributed by atoms with Crippen molar-refractivity contribution in [2.45, 2.75) is 39.0 Å². The van der Waals surface area contributed by atoms with E-state index < -0.39 is 10.8 Å². The van der Waals surface area contributed by atoms with E-state index in [4.69, 9.17) is 9.47 Å². The van der Waals surface area contributed by atoms with Crippen molar-refractivity contribution in [3.8, 4) is 5.75 Å². The molecular formula is C21H24N4O3S. The number of benzene rings is 1. The molecule has 0 radical (unpaired) electrons. The van der Waals surface area contributed by atoms with Crippen LogP contribution in [0.25, 0.3) is 10.9 Å². The number of nitrogens with zero attached hydrogens (tertiary/aromatic N) is 4. The zero-order valence-corrected chi connectivity index (χ0v) is 17.4. The Morgan fingerprint density at radius 1 is 1.34 bits per heavy atom. The smallest absolute Gasteiger partial charge is 0.141 e. The maximum absolute atomic E-state index is 11.8. The first-order valence-electron chi connectivity index (χ1n) is 10.00. The Bertz CT molecular complexity index is 1080. The zero-order valence-electron chi connectivity index (χ0n) is 16.6. The third kappa shape index (κ3) is 3.55. The van der Waals surface area contributed by atoms with Gasteiger partial charge < -0.3 is 9.47 Å². The minimum atomic E-state index is -0.766. The molecule has 152 valence electrons. The predicted molar refractivity (Wildman–Crippen MR) is 110 cm³/mol. The second kappa shape index (κ2) is 7.50. The Labute approximate surface area is 171 Å². The topological polar surface area (TPSA) is 79.1 Å². The van der Waals surface area contributed by atoms with Gasteiger partial charge in [-0.25, -0.2) is 4.68 Å². The lowest BCUT2D eigenvalue weighted by molar-refractivity contribution is 0.111. The number of hydrogen-bond acceptors (Lipinski definition) is 6. The van der Waals surface area contributed by atoms with Gasteiger partial charge in [0.2, 0.25) is 0 Å². The van der Waals surface area contributed by atoms with E-state index >= 15 is 0 Å². The van der Waals surface area contributed by atoms with Gasteiger partial charge in [-0.1, -0.05) is 12.1 Å². The van der Waals surface area contributed by atoms with E-state index in [0.29, 0.717) is 18.3 Å². The molecule has 1 fully saturated rings. The average molecular weight is 413 g/mol. The summed E-state index contributed by atoms with van der Waals surface area (Å²) in [7, 11) is -0.766. The van der Waals surface area contributed by atoms with E-state index in [9.17, 15) is 4.21 Å². The average Bonchev–Trinajstić information content (AvgIpc) is 3.34. The number of rotatable bonds is 4. The molecule has 3 aromatic rings. The van der Waals surface area contributed by atoms with Crippen LogP contribution in [0.3, 0.4) is 0 Å². The number of hydrogen-bond donors (Lipinski definition) is 0. The molecule has 0 aliphatic carbocycles. The summed E-state index contributed by atoms with van der Waals surface area (Å²) in [5.74, 6) is 2.50. The normalized spacial score (nSPS) is 25.1. The molecule has 2 aliphatic heterocycles. The van der Waals surface area contributed by atoms with Crippen LogP contribution in [-0.2, 0) is 28.6 Å². The Morgan fingerprint density at radius 2 is 2.24 bits per heavy atom. The quantitative estimate of drug-likeness (QED) is 0.656. The van der Waals surface area contributed by atoms with Gasteiger partial charge in [0.1, 0.15) is 17.5 Å². The Hall–Kier alpha value is -2.32. The third-order valence-electron chi connectivity index (χ3n) is 5.85. The number of ether oxygens (including phenoxy) is 2. The van der Waals surface area contributed by atoms with Gasteiger partial charge in [0.05, 0.1) is 31.0 Å². The lowest BCUT2D eigenvalue weighted by Gasteiger charge is -2.19. The molecule has 4 heterocycles. The largest absolute Gasteiger partial charge is 0.484 e. The molecule has 0 bridgehead atoms. The first kappa shape index (κ1) is 18.7. The van der Waals surface area contributed by atoms with Gasteiger partial charge in [-0.3, -0.25) is 9.19 Å². The molecular weight excluding hydrogens is 388 g/mol. The third-order valence-corrected chi connectivity index (χ3v) is 7.46. The molecule has 0 N–H and O–H groups in total. The summed E-state index contributed by atoms with van der Waals surface area (Å²) in [5, 5.41) is 9.72. The highest BCUT2D eigenvalue weighted by Crippen LogP contribution is 2.31. The lowest BCUT2D eigenvalue weighted by atomic mass is 10.00. The van der Waals surface area contributed by atoms with Crippen molar-refractivity contribution >= 4 is 21.7 Å². The minimum Gasteiger partial charge on any atom is -0.484 e. The van der Waals surface area contributed by atoms with Crippen molar-refractivity contribution < 1.29 is 13.7 Å². The number of fused-ring (bicyclic) bond motifs is 3. The molecule has 4 atom stereocenters. The van der Waals surface area contributed by atoms with Gasteiger partial charge in [-0.15, -0.1) is 5.10 Å². The minimum absolute atomic E-state index is 0.143. The maximum Gasteiger partial charge on any atom is 0.141 e. The Kier molecular flexibility index (Phi) is 4.83. The van der Waals surface area contributed by atoms with E-state index in [1.807, 2.05) is 36.1 Å². The first-order valence-corrected chi connectivity index (χ1v) is 11.5. The number of aromatic nitrogens is 4. The molecule has 29 heavy (non-hydrogen) atoms. The second-order valence-electron chi connectivity index (χ2n) is 7.94. The van der Waals surface area contributed by atoms with Crippen molar-refractivity contribution in [1.82, 2.24) is 20.0 Å². The van der Waals surface area contributed by atoms with Gasteiger partial charge >= 0.3 is 0 Å². The summed E-state index contributed by atoms with van der Waals surface area (Å²) in [6.07, 6.45) is 4.49. The fourth-order valence-corrected chi connectivity index (χ4v) is 5.99. The monoisotopic (exact) mass is 412 g/mol. The molecule has 0 spiro atoms. The van der Waals surface area contributed by atoms with E-state index in [0.717, 1.165) is 46.7 Å². The van der Waals surface area contributed by atoms with E-state index in [1.165, 1.54) is 5.56 Å². The van der Waals surface area contributed by atoms with Crippen LogP contribution in [0.5, 0.6) is 5.75 Å². The van der Waals surface area contributed by atoms with Gasteiger partial charge in [0.15, 0.2) is 0 Å². The van der Waals surface area contributed by atoms with Gasteiger partial charge in [-0.05, 0) is 48.6 Å². The first-order chi connectivity index (χ1) is 14.1. The van der Waals surface area contributed by atoms with Gasteiger partial charge in [-0.2, -0.15) is 0 Å². The summed E-state index contributed by atoms with van der Waals surface area (Å²) in [6.45, 7) is 5.45. The molecule has 0 amide bonds. The van der Waals surface area contributed by atoms with Crippen molar-refractivity contribution in [2.24, 2.45) is 5.92 Å². The van der Waals surface area contributed by atoms with Crippen LogP contribution in [0.1, 0.15) is 42.8 Å². The molecule has 5 rings (SSSR count). The fourth-order valence-electron chi connectivity index (χ4n) is 4.18. The summed E-state index contributed by atoms with van der Waals surface area (Å²) < 4.78 is 25.4. The summed E-state index contributed by atoms with van der Waals surface area (Å²) in [6, 6.07) is 6.16. The van der Waals surface area contributed by atoms with Crippen LogP contribution in [-0.4, -0.2) is 42.3 Å². The van der Waals surface area contributed by atoms with Crippen LogP contribution in [0.4, 0.5) is 0 Å². The van der Waals surface area contributed by atoms with E-state index in [-0.39, 0.29) is 12.1 Å². The van der Waals surface area contributed by atoms with Crippen molar-refractivity contribution in [2.75, 3.05) is 18.1 Å². The zero-order chi connectivity index (χ0) is 20.0. The van der Waals surface area contributed by atoms with E-state index in [1.54, 1.807) is 0 Å². The molecule has 7 nitrogen and oxygen atoms in total. The SMILES string of the molecule is CC(Oc1ccc2ncc3c(c2c1)CCOC3)c1cn(C2CS(=O)CC2C)nn1. The van der Waals surface area contributed by atoms with Crippen LogP contribution in [0.2, 0.25) is 0 Å². The van der Waals surface area contributed by atoms with Gasteiger partial charge in [0.25, 0.3) is 0 Å². The molecule has 2 aliphatic rings. The lowest BCUT2D eigenvalue weighted by Crippen LogP contribution is -2.16. The van der Waals surface area contributed by atoms with Crippen molar-refractivity contribution in [3.05, 3.63) is 47.4 Å². The predicted octanol–water partition coefficient (Wildman–Crippen LogP) is 2.98. The van der Waals surface area contributed by atoms with Crippen molar-refractivity contribution in [1.29, 1.82) is 0 Å². The molecule has 0 saturated carbocycles. The molecule has 8 heteroatoms. The van der Waals surface area contributed by atoms with Crippen LogP contribution in [0.15, 0.2) is 30.6 Å². The molecule has 1 aromatic carbocycles. The molecule has 1 saturated heterocycles. The second-order valence-corrected chi connectivity index (χ2v) is 9.49. The van der Waals surface area contributed by atoms with Gasteiger partial charge in [0, 0.05) is 33.9 Å². The summed E-state index contributed by atoms with van der Waals surface area (Å²) in [4.78, 5) is 4.55. The highest BCUT2D eigenvalue weighted by Gasteiger charge is 2.31. The van der Waals surface area contributed by atoms with Crippen LogP contribution >= 0.6 is 0 Å². The summed E-state index contributed by atoms with van der Waals surface area (Å²) in [5.41, 5.74) is 4.20. The fraction of sp³-hybridized carbons (Fsp3) is 0.476. The molecule has 4 unspecified atom stereocenters. The summed E-state index contributed by atoms with van der Waals surface area (Å²) >= 11 is 0. The highest BCUT2D eigenvalue weighted by atomic mass is 32.2. The Balaban J connectivity index is 1.37. The van der Waals surface area contributed by atoms with Crippen LogP contribution < -0.4 is 4.74 Å². The molecule has 2 aromatic heterocycles.